The third-order valence-corrected chi connectivity index (χ3v) is 3.51. The van der Waals surface area contributed by atoms with Crippen molar-refractivity contribution in [3.05, 3.63) is 11.9 Å². The standard InChI is InChI=1S/C11H20N4O2S/c1-8(2)9-10(12)14-7-15-11(9)13-5-4-6-18(3,16)17/h7-8H,4-6H2,1-3H3,(H3,12,13,14,15). The summed E-state index contributed by atoms with van der Waals surface area (Å²) in [4.78, 5) is 8.10. The van der Waals surface area contributed by atoms with Gasteiger partial charge in [0.1, 0.15) is 27.8 Å². The van der Waals surface area contributed by atoms with Gasteiger partial charge in [0.15, 0.2) is 0 Å². The van der Waals surface area contributed by atoms with E-state index < -0.39 is 9.84 Å². The van der Waals surface area contributed by atoms with Crippen LogP contribution in [0.3, 0.4) is 0 Å². The molecule has 0 aliphatic carbocycles. The Morgan fingerprint density at radius 2 is 2.06 bits per heavy atom. The van der Waals surface area contributed by atoms with Gasteiger partial charge in [0.25, 0.3) is 0 Å². The fourth-order valence-corrected chi connectivity index (χ4v) is 2.33. The van der Waals surface area contributed by atoms with E-state index in [1.807, 2.05) is 13.8 Å². The van der Waals surface area contributed by atoms with Crippen LogP contribution in [0.25, 0.3) is 0 Å². The number of nitrogens with zero attached hydrogens (tertiary/aromatic N) is 2. The Morgan fingerprint density at radius 1 is 1.39 bits per heavy atom. The van der Waals surface area contributed by atoms with Crippen LogP contribution < -0.4 is 11.1 Å². The summed E-state index contributed by atoms with van der Waals surface area (Å²) in [6.45, 7) is 4.57. The maximum atomic E-state index is 11.0. The van der Waals surface area contributed by atoms with Crippen LogP contribution in [0.1, 0.15) is 31.7 Å². The van der Waals surface area contributed by atoms with Crippen molar-refractivity contribution in [1.82, 2.24) is 9.97 Å². The molecule has 0 spiro atoms. The van der Waals surface area contributed by atoms with Crippen molar-refractivity contribution in [2.45, 2.75) is 26.2 Å². The summed E-state index contributed by atoms with van der Waals surface area (Å²) in [6.07, 6.45) is 3.18. The number of anilines is 2. The first kappa shape index (κ1) is 14.7. The summed E-state index contributed by atoms with van der Waals surface area (Å²) in [5.41, 5.74) is 6.68. The monoisotopic (exact) mass is 272 g/mol. The molecule has 18 heavy (non-hydrogen) atoms. The van der Waals surface area contributed by atoms with Gasteiger partial charge in [-0.2, -0.15) is 0 Å². The van der Waals surface area contributed by atoms with E-state index in [1.54, 1.807) is 0 Å². The van der Waals surface area contributed by atoms with E-state index in [9.17, 15) is 8.42 Å². The number of hydrogen-bond donors (Lipinski definition) is 2. The lowest BCUT2D eigenvalue weighted by molar-refractivity contribution is 0.600. The first-order valence-electron chi connectivity index (χ1n) is 5.83. The van der Waals surface area contributed by atoms with Crippen LogP contribution in [0.5, 0.6) is 0 Å². The Labute approximate surface area is 108 Å². The summed E-state index contributed by atoms with van der Waals surface area (Å²) in [7, 11) is -2.91. The minimum absolute atomic E-state index is 0.164. The molecule has 0 atom stereocenters. The van der Waals surface area contributed by atoms with Gasteiger partial charge in [-0.25, -0.2) is 18.4 Å². The molecule has 0 aromatic carbocycles. The molecule has 1 heterocycles. The second-order valence-corrected chi connectivity index (χ2v) is 6.85. The van der Waals surface area contributed by atoms with Gasteiger partial charge in [-0.05, 0) is 12.3 Å². The van der Waals surface area contributed by atoms with E-state index in [1.165, 1.54) is 12.6 Å². The van der Waals surface area contributed by atoms with Crippen molar-refractivity contribution in [1.29, 1.82) is 0 Å². The molecule has 1 aromatic rings. The molecule has 0 radical (unpaired) electrons. The first-order chi connectivity index (χ1) is 8.31. The highest BCUT2D eigenvalue weighted by Gasteiger charge is 2.12. The highest BCUT2D eigenvalue weighted by molar-refractivity contribution is 7.90. The normalized spacial score (nSPS) is 11.8. The smallest absolute Gasteiger partial charge is 0.147 e. The molecule has 0 fully saturated rings. The van der Waals surface area contributed by atoms with Crippen molar-refractivity contribution >= 4 is 21.5 Å². The molecule has 0 amide bonds. The van der Waals surface area contributed by atoms with Gasteiger partial charge >= 0.3 is 0 Å². The number of aromatic nitrogens is 2. The quantitative estimate of drug-likeness (QED) is 0.750. The lowest BCUT2D eigenvalue weighted by Crippen LogP contribution is -2.13. The SMILES string of the molecule is CC(C)c1c(N)ncnc1NCCCS(C)(=O)=O. The second kappa shape index (κ2) is 5.99. The van der Waals surface area contributed by atoms with Gasteiger partial charge in [0, 0.05) is 18.4 Å². The molecule has 0 aliphatic rings. The first-order valence-corrected chi connectivity index (χ1v) is 7.89. The Morgan fingerprint density at radius 3 is 2.61 bits per heavy atom. The topological polar surface area (TPSA) is 98.0 Å². The van der Waals surface area contributed by atoms with E-state index in [0.717, 1.165) is 5.56 Å². The maximum absolute atomic E-state index is 11.0. The van der Waals surface area contributed by atoms with Gasteiger partial charge in [-0.1, -0.05) is 13.8 Å². The average Bonchev–Trinajstić information content (AvgIpc) is 2.22. The Bertz CT molecular complexity index is 500. The number of nitrogens with one attached hydrogen (secondary N) is 1. The largest absolute Gasteiger partial charge is 0.383 e. The number of sulfone groups is 1. The summed E-state index contributed by atoms with van der Waals surface area (Å²) >= 11 is 0. The fourth-order valence-electron chi connectivity index (χ4n) is 1.66. The van der Waals surface area contributed by atoms with Crippen LogP contribution >= 0.6 is 0 Å². The van der Waals surface area contributed by atoms with Crippen LogP contribution in [0.4, 0.5) is 11.6 Å². The van der Waals surface area contributed by atoms with Gasteiger partial charge in [0.05, 0.1) is 5.75 Å². The predicted octanol–water partition coefficient (Wildman–Crippen LogP) is 1.03. The third-order valence-electron chi connectivity index (χ3n) is 2.48. The minimum Gasteiger partial charge on any atom is -0.383 e. The minimum atomic E-state index is -2.91. The van der Waals surface area contributed by atoms with E-state index in [2.05, 4.69) is 15.3 Å². The van der Waals surface area contributed by atoms with Crippen LogP contribution in [0, 0.1) is 0 Å². The third kappa shape index (κ3) is 4.48. The van der Waals surface area contributed by atoms with E-state index >= 15 is 0 Å². The molecule has 1 rings (SSSR count). The lowest BCUT2D eigenvalue weighted by Gasteiger charge is -2.14. The molecule has 1 aromatic heterocycles. The fraction of sp³-hybridized carbons (Fsp3) is 0.636. The van der Waals surface area contributed by atoms with Crippen molar-refractivity contribution in [3.8, 4) is 0 Å². The zero-order valence-corrected chi connectivity index (χ0v) is 11.8. The zero-order valence-electron chi connectivity index (χ0n) is 11.0. The van der Waals surface area contributed by atoms with Gasteiger partial charge in [-0.15, -0.1) is 0 Å². The molecular formula is C11H20N4O2S. The Kier molecular flexibility index (Phi) is 4.89. The van der Waals surface area contributed by atoms with Gasteiger partial charge < -0.3 is 11.1 Å². The predicted molar refractivity (Wildman–Crippen MR) is 73.4 cm³/mol. The number of nitrogens with two attached hydrogens (primary N) is 1. The van der Waals surface area contributed by atoms with Crippen molar-refractivity contribution in [3.63, 3.8) is 0 Å². The average molecular weight is 272 g/mol. The van der Waals surface area contributed by atoms with Gasteiger partial charge in [0.2, 0.25) is 0 Å². The van der Waals surface area contributed by atoms with Crippen molar-refractivity contribution in [2.24, 2.45) is 0 Å². The molecule has 6 nitrogen and oxygen atoms in total. The Hall–Kier alpha value is -1.37. The molecule has 0 aliphatic heterocycles. The maximum Gasteiger partial charge on any atom is 0.147 e. The summed E-state index contributed by atoms with van der Waals surface area (Å²) in [5.74, 6) is 1.53. The molecule has 0 saturated carbocycles. The number of nitrogen functional groups attached to an aromatic ring is 1. The molecule has 0 bridgehead atoms. The highest BCUT2D eigenvalue weighted by Crippen LogP contribution is 2.25. The lowest BCUT2D eigenvalue weighted by atomic mass is 10.0. The Balaban J connectivity index is 2.65. The van der Waals surface area contributed by atoms with Gasteiger partial charge in [-0.3, -0.25) is 0 Å². The van der Waals surface area contributed by atoms with Crippen molar-refractivity contribution in [2.75, 3.05) is 29.6 Å². The molecule has 0 saturated heterocycles. The van der Waals surface area contributed by atoms with E-state index in [0.29, 0.717) is 24.6 Å². The van der Waals surface area contributed by atoms with Crippen LogP contribution in [-0.2, 0) is 9.84 Å². The van der Waals surface area contributed by atoms with E-state index in [4.69, 9.17) is 5.73 Å². The highest BCUT2D eigenvalue weighted by atomic mass is 32.2. The molecule has 0 unspecified atom stereocenters. The number of rotatable bonds is 6. The van der Waals surface area contributed by atoms with E-state index in [-0.39, 0.29) is 11.7 Å². The van der Waals surface area contributed by atoms with Crippen molar-refractivity contribution < 1.29 is 8.42 Å². The summed E-state index contributed by atoms with van der Waals surface area (Å²) < 4.78 is 22.0. The number of hydrogen-bond acceptors (Lipinski definition) is 6. The van der Waals surface area contributed by atoms with Crippen LogP contribution in [0.2, 0.25) is 0 Å². The zero-order chi connectivity index (χ0) is 13.8. The molecule has 7 heteroatoms. The molecule has 3 N–H and O–H groups in total. The second-order valence-electron chi connectivity index (χ2n) is 4.59. The molecular weight excluding hydrogens is 252 g/mol. The van der Waals surface area contributed by atoms with Crippen LogP contribution in [-0.4, -0.2) is 36.9 Å². The summed E-state index contributed by atoms with van der Waals surface area (Å²) in [6, 6.07) is 0. The van der Waals surface area contributed by atoms with Crippen LogP contribution in [0.15, 0.2) is 6.33 Å². The molecule has 102 valence electrons. The summed E-state index contributed by atoms with van der Waals surface area (Å²) in [5, 5.41) is 3.11.